The highest BCUT2D eigenvalue weighted by atomic mass is 32.1. The Morgan fingerprint density at radius 2 is 1.62 bits per heavy atom. The van der Waals surface area contributed by atoms with Gasteiger partial charge in [-0.15, -0.1) is 0 Å². The van der Waals surface area contributed by atoms with Gasteiger partial charge in [-0.05, 0) is 77.8 Å². The van der Waals surface area contributed by atoms with Gasteiger partial charge in [-0.3, -0.25) is 5.43 Å². The summed E-state index contributed by atoms with van der Waals surface area (Å²) in [5.41, 5.74) is 3.88. The van der Waals surface area contributed by atoms with Crippen molar-refractivity contribution in [3.63, 3.8) is 0 Å². The Labute approximate surface area is 177 Å². The lowest BCUT2D eigenvalue weighted by atomic mass is 9.96. The van der Waals surface area contributed by atoms with E-state index in [2.05, 4.69) is 40.1 Å². The monoisotopic (exact) mass is 403 g/mol. The topological polar surface area (TPSA) is 45.7 Å². The highest BCUT2D eigenvalue weighted by Crippen LogP contribution is 2.25. The molecule has 0 saturated heterocycles. The lowest BCUT2D eigenvalue weighted by Crippen LogP contribution is -2.40. The number of nitrogens with zero attached hydrogens (tertiary/aromatic N) is 1. The van der Waals surface area contributed by atoms with Crippen molar-refractivity contribution in [3.05, 3.63) is 72.3 Å². The molecule has 0 heterocycles. The fourth-order valence-electron chi connectivity index (χ4n) is 3.62. The quantitative estimate of drug-likeness (QED) is 0.323. The van der Waals surface area contributed by atoms with Gasteiger partial charge in [-0.25, -0.2) is 0 Å². The average molecular weight is 404 g/mol. The minimum absolute atomic E-state index is 0.477. The number of ether oxygens (including phenoxy) is 1. The molecule has 0 radical (unpaired) electrons. The number of rotatable bonds is 5. The van der Waals surface area contributed by atoms with Crippen molar-refractivity contribution in [1.82, 2.24) is 10.7 Å². The summed E-state index contributed by atoms with van der Waals surface area (Å²) in [5.74, 6) is 1.62. The van der Waals surface area contributed by atoms with E-state index in [1.807, 2.05) is 42.5 Å². The smallest absolute Gasteiger partial charge is 0.187 e. The van der Waals surface area contributed by atoms with Crippen LogP contribution in [0.2, 0.25) is 0 Å². The molecule has 2 N–H and O–H groups in total. The van der Waals surface area contributed by atoms with E-state index in [1.54, 1.807) is 6.21 Å². The molecule has 0 amide bonds. The molecule has 0 aliphatic heterocycles. The SMILES string of the molecule is S=C(N/N=C/c1ccc(Oc2ccc3ccccc3c2)cc1)NC1CCCCC1. The molecule has 4 rings (SSSR count). The first-order valence-electron chi connectivity index (χ1n) is 10.1. The molecule has 29 heavy (non-hydrogen) atoms. The van der Waals surface area contributed by atoms with E-state index >= 15 is 0 Å². The first kappa shape index (κ1) is 19.4. The highest BCUT2D eigenvalue weighted by Gasteiger charge is 2.13. The number of thiocarbonyl (C=S) groups is 1. The number of fused-ring (bicyclic) bond motifs is 1. The minimum atomic E-state index is 0.477. The highest BCUT2D eigenvalue weighted by molar-refractivity contribution is 7.80. The van der Waals surface area contributed by atoms with E-state index < -0.39 is 0 Å². The molecular weight excluding hydrogens is 378 g/mol. The van der Waals surface area contributed by atoms with Crippen LogP contribution in [0.5, 0.6) is 11.5 Å². The largest absolute Gasteiger partial charge is 0.457 e. The van der Waals surface area contributed by atoms with Gasteiger partial charge in [0.15, 0.2) is 5.11 Å². The number of benzene rings is 3. The Morgan fingerprint density at radius 1 is 0.897 bits per heavy atom. The Morgan fingerprint density at radius 3 is 2.41 bits per heavy atom. The van der Waals surface area contributed by atoms with Crippen molar-refractivity contribution < 1.29 is 4.74 Å². The Balaban J connectivity index is 1.30. The van der Waals surface area contributed by atoms with Gasteiger partial charge in [0, 0.05) is 6.04 Å². The van der Waals surface area contributed by atoms with Crippen LogP contribution in [0.4, 0.5) is 0 Å². The van der Waals surface area contributed by atoms with E-state index in [0.29, 0.717) is 11.2 Å². The molecule has 0 unspecified atom stereocenters. The van der Waals surface area contributed by atoms with Crippen molar-refractivity contribution >= 4 is 34.3 Å². The molecule has 0 atom stereocenters. The number of hydrogen-bond acceptors (Lipinski definition) is 3. The first-order valence-corrected chi connectivity index (χ1v) is 10.5. The van der Waals surface area contributed by atoms with Crippen molar-refractivity contribution in [2.75, 3.05) is 0 Å². The van der Waals surface area contributed by atoms with Crippen LogP contribution in [-0.4, -0.2) is 17.4 Å². The van der Waals surface area contributed by atoms with Crippen LogP contribution in [-0.2, 0) is 0 Å². The van der Waals surface area contributed by atoms with Gasteiger partial charge in [-0.1, -0.05) is 49.6 Å². The molecule has 1 saturated carbocycles. The predicted octanol–water partition coefficient (Wildman–Crippen LogP) is 5.76. The zero-order valence-corrected chi connectivity index (χ0v) is 17.1. The molecule has 1 aliphatic carbocycles. The molecule has 1 aliphatic rings. The Kier molecular flexibility index (Phi) is 6.37. The van der Waals surface area contributed by atoms with Gasteiger partial charge in [-0.2, -0.15) is 5.10 Å². The summed E-state index contributed by atoms with van der Waals surface area (Å²) in [7, 11) is 0. The molecule has 4 nitrogen and oxygen atoms in total. The maximum atomic E-state index is 5.98. The predicted molar refractivity (Wildman–Crippen MR) is 124 cm³/mol. The molecule has 3 aromatic rings. The van der Waals surface area contributed by atoms with Crippen LogP contribution >= 0.6 is 12.2 Å². The summed E-state index contributed by atoms with van der Waals surface area (Å²) >= 11 is 5.32. The number of hydrazone groups is 1. The van der Waals surface area contributed by atoms with Crippen LogP contribution in [0.1, 0.15) is 37.7 Å². The van der Waals surface area contributed by atoms with Gasteiger partial charge in [0.2, 0.25) is 0 Å². The van der Waals surface area contributed by atoms with Crippen LogP contribution in [0.3, 0.4) is 0 Å². The van der Waals surface area contributed by atoms with Gasteiger partial charge >= 0.3 is 0 Å². The van der Waals surface area contributed by atoms with Crippen molar-refractivity contribution in [2.24, 2.45) is 5.10 Å². The lowest BCUT2D eigenvalue weighted by Gasteiger charge is -2.23. The molecule has 0 spiro atoms. The second-order valence-electron chi connectivity index (χ2n) is 7.36. The first-order chi connectivity index (χ1) is 14.3. The van der Waals surface area contributed by atoms with Crippen molar-refractivity contribution in [2.45, 2.75) is 38.1 Å². The zero-order valence-electron chi connectivity index (χ0n) is 16.3. The maximum Gasteiger partial charge on any atom is 0.187 e. The van der Waals surface area contributed by atoms with Gasteiger partial charge < -0.3 is 10.1 Å². The molecule has 1 fully saturated rings. The Hall–Kier alpha value is -2.92. The second kappa shape index (κ2) is 9.52. The van der Waals surface area contributed by atoms with Crippen molar-refractivity contribution in [3.8, 4) is 11.5 Å². The Bertz CT molecular complexity index is 994. The van der Waals surface area contributed by atoms with Crippen LogP contribution in [0, 0.1) is 0 Å². The average Bonchev–Trinajstić information content (AvgIpc) is 2.76. The lowest BCUT2D eigenvalue weighted by molar-refractivity contribution is 0.412. The van der Waals surface area contributed by atoms with Crippen molar-refractivity contribution in [1.29, 1.82) is 0 Å². The summed E-state index contributed by atoms with van der Waals surface area (Å²) in [6, 6.07) is 22.7. The van der Waals surface area contributed by atoms with E-state index in [1.165, 1.54) is 37.5 Å². The summed E-state index contributed by atoms with van der Waals surface area (Å²) in [6.45, 7) is 0. The van der Waals surface area contributed by atoms with E-state index in [4.69, 9.17) is 17.0 Å². The van der Waals surface area contributed by atoms with Crippen LogP contribution in [0.15, 0.2) is 71.8 Å². The molecular formula is C24H25N3OS. The molecule has 3 aromatic carbocycles. The third-order valence-electron chi connectivity index (χ3n) is 5.16. The van der Waals surface area contributed by atoms with Crippen LogP contribution in [0.25, 0.3) is 10.8 Å². The third kappa shape index (κ3) is 5.55. The van der Waals surface area contributed by atoms with Gasteiger partial charge in [0.25, 0.3) is 0 Å². The van der Waals surface area contributed by atoms with Crippen LogP contribution < -0.4 is 15.5 Å². The number of nitrogens with one attached hydrogen (secondary N) is 2. The van der Waals surface area contributed by atoms with E-state index in [-0.39, 0.29) is 0 Å². The summed E-state index contributed by atoms with van der Waals surface area (Å²) < 4.78 is 5.98. The summed E-state index contributed by atoms with van der Waals surface area (Å²) in [4.78, 5) is 0. The zero-order chi connectivity index (χ0) is 19.9. The third-order valence-corrected chi connectivity index (χ3v) is 5.37. The molecule has 0 bridgehead atoms. The maximum absolute atomic E-state index is 5.98. The minimum Gasteiger partial charge on any atom is -0.457 e. The fourth-order valence-corrected chi connectivity index (χ4v) is 3.84. The van der Waals surface area contributed by atoms with E-state index in [0.717, 1.165) is 22.4 Å². The summed E-state index contributed by atoms with van der Waals surface area (Å²) in [5, 5.41) is 10.5. The summed E-state index contributed by atoms with van der Waals surface area (Å²) in [6.07, 6.45) is 8.01. The molecule has 5 heteroatoms. The molecule has 0 aromatic heterocycles. The van der Waals surface area contributed by atoms with E-state index in [9.17, 15) is 0 Å². The molecule has 148 valence electrons. The normalized spacial score (nSPS) is 14.8. The van der Waals surface area contributed by atoms with Gasteiger partial charge in [0.05, 0.1) is 6.21 Å². The fraction of sp³-hybridized carbons (Fsp3) is 0.250. The second-order valence-corrected chi connectivity index (χ2v) is 7.77. The van der Waals surface area contributed by atoms with Gasteiger partial charge in [0.1, 0.15) is 11.5 Å². The number of hydrogen-bond donors (Lipinski definition) is 2. The standard InChI is InChI=1S/C24H25N3OS/c29-24(26-21-8-2-1-3-9-21)27-25-17-18-10-13-22(14-11-18)28-23-15-12-19-6-4-5-7-20(19)16-23/h4-7,10-17,21H,1-3,8-9H2,(H2,26,27,29)/b25-17+.